The number of aryl methyl sites for hydroxylation is 2. The summed E-state index contributed by atoms with van der Waals surface area (Å²) in [4.78, 5) is 0. The highest BCUT2D eigenvalue weighted by atomic mass is 32.2. The summed E-state index contributed by atoms with van der Waals surface area (Å²) in [7, 11) is -0.887. The molecule has 90 valence electrons. The maximum absolute atomic E-state index is 11.5. The normalized spacial score (nSPS) is 13.1. The predicted molar refractivity (Wildman–Crippen MR) is 70.7 cm³/mol. The Hall–Kier alpha value is -0.670. The van der Waals surface area contributed by atoms with Gasteiger partial charge in [-0.25, -0.2) is 8.51 Å². The molecule has 0 spiro atoms. The van der Waals surface area contributed by atoms with Crippen molar-refractivity contribution in [2.75, 3.05) is 12.8 Å². The molecule has 0 aliphatic rings. The number of benzene rings is 1. The highest BCUT2D eigenvalue weighted by molar-refractivity contribution is 7.81. The molecule has 0 amide bonds. The summed E-state index contributed by atoms with van der Waals surface area (Å²) in [5, 5.41) is 0. The zero-order valence-corrected chi connectivity index (χ0v) is 11.4. The fourth-order valence-corrected chi connectivity index (χ4v) is 2.37. The second-order valence-corrected chi connectivity index (χ2v) is 5.36. The summed E-state index contributed by atoms with van der Waals surface area (Å²) < 4.78 is 13.5. The lowest BCUT2D eigenvalue weighted by Gasteiger charge is -2.18. The largest absolute Gasteiger partial charge is 0.243 e. The van der Waals surface area contributed by atoms with Crippen molar-refractivity contribution < 1.29 is 4.21 Å². The van der Waals surface area contributed by atoms with Crippen molar-refractivity contribution in [1.29, 1.82) is 0 Å². The smallest absolute Gasteiger partial charge is 0.0913 e. The van der Waals surface area contributed by atoms with Gasteiger partial charge in [0.1, 0.15) is 0 Å². The van der Waals surface area contributed by atoms with E-state index in [1.54, 1.807) is 6.26 Å². The monoisotopic (exact) mass is 239 g/mol. The molecule has 0 N–H and O–H groups in total. The number of nitrogens with zero attached hydrogens (tertiary/aromatic N) is 1. The number of hydrogen-bond acceptors (Lipinski definition) is 1. The van der Waals surface area contributed by atoms with Crippen molar-refractivity contribution >= 4 is 11.0 Å². The molecule has 0 fully saturated rings. The van der Waals surface area contributed by atoms with Crippen molar-refractivity contribution in [3.8, 4) is 0 Å². The first-order chi connectivity index (χ1) is 7.58. The molecule has 0 aromatic heterocycles. The molecule has 3 heteroatoms. The van der Waals surface area contributed by atoms with Crippen molar-refractivity contribution in [1.82, 2.24) is 4.31 Å². The van der Waals surface area contributed by atoms with Crippen LogP contribution < -0.4 is 0 Å². The molecule has 0 bridgehead atoms. The molecule has 1 aromatic carbocycles. The molecule has 0 aliphatic carbocycles. The van der Waals surface area contributed by atoms with E-state index in [1.165, 1.54) is 16.7 Å². The van der Waals surface area contributed by atoms with E-state index in [4.69, 9.17) is 0 Å². The molecule has 1 aromatic rings. The maximum Gasteiger partial charge on any atom is 0.0913 e. The Balaban J connectivity index is 2.90. The molecule has 1 atom stereocenters. The van der Waals surface area contributed by atoms with Crippen LogP contribution in [0.1, 0.15) is 30.5 Å². The lowest BCUT2D eigenvalue weighted by atomic mass is 10.0. The summed E-state index contributed by atoms with van der Waals surface area (Å²) >= 11 is 0. The second-order valence-electron chi connectivity index (χ2n) is 3.99. The lowest BCUT2D eigenvalue weighted by Crippen LogP contribution is -2.24. The van der Waals surface area contributed by atoms with Crippen LogP contribution in [0.25, 0.3) is 0 Å². The topological polar surface area (TPSA) is 20.3 Å². The highest BCUT2D eigenvalue weighted by Gasteiger charge is 2.09. The van der Waals surface area contributed by atoms with Crippen LogP contribution in [-0.2, 0) is 24.0 Å². The van der Waals surface area contributed by atoms with Crippen LogP contribution in [0.15, 0.2) is 18.2 Å². The van der Waals surface area contributed by atoms with Gasteiger partial charge >= 0.3 is 0 Å². The van der Waals surface area contributed by atoms with E-state index in [0.29, 0.717) is 0 Å². The third-order valence-electron chi connectivity index (χ3n) is 2.88. The lowest BCUT2D eigenvalue weighted by molar-refractivity contribution is 0.464. The van der Waals surface area contributed by atoms with Gasteiger partial charge in [-0.1, -0.05) is 32.0 Å². The Morgan fingerprint density at radius 2 is 2.00 bits per heavy atom. The quantitative estimate of drug-likeness (QED) is 0.773. The van der Waals surface area contributed by atoms with Crippen molar-refractivity contribution in [2.24, 2.45) is 0 Å². The first-order valence-corrected chi connectivity index (χ1v) is 7.26. The SMILES string of the molecule is CCc1ccc(C)c(CN(CC)S(C)=O)c1. The fraction of sp³-hybridized carbons (Fsp3) is 0.538. The molecule has 2 nitrogen and oxygen atoms in total. The Morgan fingerprint density at radius 1 is 1.31 bits per heavy atom. The van der Waals surface area contributed by atoms with Gasteiger partial charge in [0.15, 0.2) is 0 Å². The first-order valence-electron chi connectivity index (χ1n) is 5.75. The summed E-state index contributed by atoms with van der Waals surface area (Å²) in [5.41, 5.74) is 3.91. The molecular formula is C13H21NOS. The third-order valence-corrected chi connectivity index (χ3v) is 4.00. The minimum atomic E-state index is -0.887. The van der Waals surface area contributed by atoms with E-state index in [0.717, 1.165) is 19.5 Å². The zero-order chi connectivity index (χ0) is 12.1. The molecule has 1 unspecified atom stereocenters. The standard InChI is InChI=1S/C13H21NOS/c1-5-12-8-7-11(3)13(9-12)10-14(6-2)16(4)15/h7-9H,5-6,10H2,1-4H3. The van der Waals surface area contributed by atoms with Crippen LogP contribution in [0.3, 0.4) is 0 Å². The first kappa shape index (κ1) is 13.4. The van der Waals surface area contributed by atoms with E-state index in [-0.39, 0.29) is 0 Å². The summed E-state index contributed by atoms with van der Waals surface area (Å²) in [6.45, 7) is 7.91. The molecule has 0 aliphatic heterocycles. The molecular weight excluding hydrogens is 218 g/mol. The zero-order valence-electron chi connectivity index (χ0n) is 10.6. The van der Waals surface area contributed by atoms with Gasteiger partial charge in [0, 0.05) is 19.3 Å². The van der Waals surface area contributed by atoms with Crippen molar-refractivity contribution in [3.05, 3.63) is 34.9 Å². The van der Waals surface area contributed by atoms with Gasteiger partial charge in [0.2, 0.25) is 0 Å². The van der Waals surface area contributed by atoms with Crippen molar-refractivity contribution in [3.63, 3.8) is 0 Å². The van der Waals surface area contributed by atoms with Gasteiger partial charge in [-0.15, -0.1) is 0 Å². The van der Waals surface area contributed by atoms with E-state index < -0.39 is 11.0 Å². The highest BCUT2D eigenvalue weighted by Crippen LogP contribution is 2.14. The maximum atomic E-state index is 11.5. The molecule has 16 heavy (non-hydrogen) atoms. The Morgan fingerprint density at radius 3 is 2.50 bits per heavy atom. The second kappa shape index (κ2) is 6.16. The summed E-state index contributed by atoms with van der Waals surface area (Å²) in [5.74, 6) is 0. The van der Waals surface area contributed by atoms with Crippen LogP contribution in [-0.4, -0.2) is 21.3 Å². The summed E-state index contributed by atoms with van der Waals surface area (Å²) in [6, 6.07) is 6.55. The number of hydrogen-bond donors (Lipinski definition) is 0. The minimum Gasteiger partial charge on any atom is -0.243 e. The van der Waals surface area contributed by atoms with E-state index >= 15 is 0 Å². The van der Waals surface area contributed by atoms with Crippen LogP contribution in [0.5, 0.6) is 0 Å². The average molecular weight is 239 g/mol. The molecule has 1 rings (SSSR count). The fourth-order valence-electron chi connectivity index (χ4n) is 1.69. The van der Waals surface area contributed by atoms with Gasteiger partial charge in [0.05, 0.1) is 11.0 Å². The Labute approximate surface area is 101 Å². The third kappa shape index (κ3) is 3.42. The molecule has 0 saturated heterocycles. The minimum absolute atomic E-state index is 0.777. The Kier molecular flexibility index (Phi) is 5.16. The molecule has 0 heterocycles. The summed E-state index contributed by atoms with van der Waals surface area (Å²) in [6.07, 6.45) is 2.79. The van der Waals surface area contributed by atoms with Crippen LogP contribution >= 0.6 is 0 Å². The van der Waals surface area contributed by atoms with Crippen LogP contribution in [0.2, 0.25) is 0 Å². The average Bonchev–Trinajstić information content (AvgIpc) is 2.27. The van der Waals surface area contributed by atoms with Gasteiger partial charge in [-0.3, -0.25) is 0 Å². The Bertz CT molecular complexity index is 376. The van der Waals surface area contributed by atoms with Gasteiger partial charge in [-0.2, -0.15) is 0 Å². The molecule has 0 saturated carbocycles. The van der Waals surface area contributed by atoms with Crippen molar-refractivity contribution in [2.45, 2.75) is 33.7 Å². The molecule has 0 radical (unpaired) electrons. The van der Waals surface area contributed by atoms with E-state index in [2.05, 4.69) is 32.0 Å². The van der Waals surface area contributed by atoms with E-state index in [9.17, 15) is 4.21 Å². The van der Waals surface area contributed by atoms with Gasteiger partial charge in [-0.05, 0) is 30.0 Å². The van der Waals surface area contributed by atoms with Gasteiger partial charge < -0.3 is 0 Å². The van der Waals surface area contributed by atoms with Crippen LogP contribution in [0.4, 0.5) is 0 Å². The van der Waals surface area contributed by atoms with E-state index in [1.807, 2.05) is 11.2 Å². The predicted octanol–water partition coefficient (Wildman–Crippen LogP) is 2.67. The van der Waals surface area contributed by atoms with Gasteiger partial charge in [0.25, 0.3) is 0 Å². The number of rotatable bonds is 5. The van der Waals surface area contributed by atoms with Crippen LogP contribution in [0, 0.1) is 6.92 Å².